The number of aryl methyl sites for hydroxylation is 1. The number of imidazole rings is 1. The molecule has 2 heterocycles. The summed E-state index contributed by atoms with van der Waals surface area (Å²) < 4.78 is 1.91. The molecule has 0 radical (unpaired) electrons. The number of nitrogens with one attached hydrogen (secondary N) is 1. The minimum absolute atomic E-state index is 0.159. The van der Waals surface area contributed by atoms with Crippen LogP contribution in [0, 0.1) is 0 Å². The van der Waals surface area contributed by atoms with Crippen LogP contribution in [0.1, 0.15) is 18.6 Å². The van der Waals surface area contributed by atoms with Gasteiger partial charge in [-0.3, -0.25) is 9.36 Å². The number of nitrogens with zero attached hydrogens (tertiary/aromatic N) is 3. The van der Waals surface area contributed by atoms with Crippen molar-refractivity contribution in [1.82, 2.24) is 19.5 Å². The fraction of sp³-hybridized carbons (Fsp3) is 0.267. The molecule has 3 rings (SSSR count). The van der Waals surface area contributed by atoms with Crippen LogP contribution in [0.5, 0.6) is 0 Å². The fourth-order valence-corrected chi connectivity index (χ4v) is 2.40. The third kappa shape index (κ3) is 2.45. The van der Waals surface area contributed by atoms with Crippen molar-refractivity contribution >= 4 is 11.0 Å². The van der Waals surface area contributed by atoms with E-state index in [0.717, 1.165) is 16.9 Å². The molecular formula is C15H17N5O. The molecule has 0 fully saturated rings. The minimum Gasteiger partial charge on any atom is -0.330 e. The van der Waals surface area contributed by atoms with Gasteiger partial charge in [0.05, 0.1) is 11.0 Å². The van der Waals surface area contributed by atoms with E-state index in [2.05, 4.69) is 15.0 Å². The highest BCUT2D eigenvalue weighted by atomic mass is 16.1. The SMILES string of the molecule is CCc1nc(-n2c(CCN)nc3ccccc32)cc(=O)[nH]1. The van der Waals surface area contributed by atoms with E-state index in [0.29, 0.717) is 31.0 Å². The van der Waals surface area contributed by atoms with Crippen LogP contribution >= 0.6 is 0 Å². The molecule has 3 N–H and O–H groups in total. The van der Waals surface area contributed by atoms with E-state index < -0.39 is 0 Å². The standard InChI is InChI=1S/C15H17N5O/c1-2-12-18-14(9-15(21)19-12)20-11-6-4-3-5-10(11)17-13(20)7-8-16/h3-6,9H,2,7-8,16H2,1H3,(H,18,19,21). The quantitative estimate of drug-likeness (QED) is 0.752. The number of aromatic amines is 1. The Balaban J connectivity index is 2.29. The molecule has 0 unspecified atom stereocenters. The molecule has 108 valence electrons. The van der Waals surface area contributed by atoms with Gasteiger partial charge < -0.3 is 10.7 Å². The maximum atomic E-state index is 11.8. The van der Waals surface area contributed by atoms with Crippen molar-refractivity contribution in [2.24, 2.45) is 5.73 Å². The van der Waals surface area contributed by atoms with Crippen molar-refractivity contribution in [3.05, 3.63) is 52.3 Å². The number of nitrogens with two attached hydrogens (primary N) is 1. The average molecular weight is 283 g/mol. The van der Waals surface area contributed by atoms with E-state index in [9.17, 15) is 4.79 Å². The Bertz CT molecular complexity index is 833. The summed E-state index contributed by atoms with van der Waals surface area (Å²) in [5, 5.41) is 0. The van der Waals surface area contributed by atoms with Gasteiger partial charge in [0.1, 0.15) is 17.5 Å². The van der Waals surface area contributed by atoms with Crippen molar-refractivity contribution in [3.8, 4) is 5.82 Å². The first kappa shape index (κ1) is 13.5. The molecule has 2 aromatic heterocycles. The zero-order chi connectivity index (χ0) is 14.8. The Morgan fingerprint density at radius 3 is 2.86 bits per heavy atom. The van der Waals surface area contributed by atoms with Crippen molar-refractivity contribution in [2.45, 2.75) is 19.8 Å². The van der Waals surface area contributed by atoms with Gasteiger partial charge in [0.15, 0.2) is 0 Å². The Kier molecular flexibility index (Phi) is 3.53. The Morgan fingerprint density at radius 1 is 1.29 bits per heavy atom. The minimum atomic E-state index is -0.159. The van der Waals surface area contributed by atoms with Gasteiger partial charge in [0.2, 0.25) is 0 Å². The van der Waals surface area contributed by atoms with Crippen molar-refractivity contribution in [3.63, 3.8) is 0 Å². The second-order valence-corrected chi connectivity index (χ2v) is 4.79. The van der Waals surface area contributed by atoms with E-state index in [1.165, 1.54) is 6.07 Å². The highest BCUT2D eigenvalue weighted by Gasteiger charge is 2.13. The van der Waals surface area contributed by atoms with E-state index in [1.807, 2.05) is 35.8 Å². The summed E-state index contributed by atoms with van der Waals surface area (Å²) in [6.07, 6.45) is 1.30. The topological polar surface area (TPSA) is 89.6 Å². The fourth-order valence-electron chi connectivity index (χ4n) is 2.40. The van der Waals surface area contributed by atoms with Gasteiger partial charge in [-0.25, -0.2) is 9.97 Å². The molecule has 21 heavy (non-hydrogen) atoms. The van der Waals surface area contributed by atoms with Crippen LogP contribution in [0.25, 0.3) is 16.9 Å². The van der Waals surface area contributed by atoms with Crippen LogP contribution in [-0.2, 0) is 12.8 Å². The maximum absolute atomic E-state index is 11.8. The number of hydrogen-bond acceptors (Lipinski definition) is 4. The first-order valence-electron chi connectivity index (χ1n) is 7.00. The average Bonchev–Trinajstić information content (AvgIpc) is 2.85. The number of hydrogen-bond donors (Lipinski definition) is 2. The molecule has 0 amide bonds. The van der Waals surface area contributed by atoms with Gasteiger partial charge in [0.25, 0.3) is 5.56 Å². The van der Waals surface area contributed by atoms with Gasteiger partial charge in [0, 0.05) is 18.9 Å². The first-order chi connectivity index (χ1) is 10.2. The number of benzene rings is 1. The zero-order valence-electron chi connectivity index (χ0n) is 11.8. The summed E-state index contributed by atoms with van der Waals surface area (Å²) in [4.78, 5) is 23.7. The molecule has 0 aliphatic carbocycles. The molecule has 0 aliphatic rings. The summed E-state index contributed by atoms with van der Waals surface area (Å²) in [5.74, 6) is 2.07. The normalized spacial score (nSPS) is 11.1. The molecule has 0 atom stereocenters. The number of rotatable bonds is 4. The van der Waals surface area contributed by atoms with Crippen LogP contribution in [0.2, 0.25) is 0 Å². The first-order valence-corrected chi connectivity index (χ1v) is 7.00. The Morgan fingerprint density at radius 2 is 2.10 bits per heavy atom. The molecule has 3 aromatic rings. The number of aromatic nitrogens is 4. The lowest BCUT2D eigenvalue weighted by Gasteiger charge is -2.08. The second kappa shape index (κ2) is 5.49. The monoisotopic (exact) mass is 283 g/mol. The molecule has 0 bridgehead atoms. The van der Waals surface area contributed by atoms with Crippen molar-refractivity contribution in [1.29, 1.82) is 0 Å². The van der Waals surface area contributed by atoms with Gasteiger partial charge in [-0.2, -0.15) is 0 Å². The van der Waals surface area contributed by atoms with Crippen LogP contribution in [-0.4, -0.2) is 26.1 Å². The van der Waals surface area contributed by atoms with Gasteiger partial charge >= 0.3 is 0 Å². The van der Waals surface area contributed by atoms with Crippen LogP contribution in [0.4, 0.5) is 0 Å². The maximum Gasteiger partial charge on any atom is 0.253 e. The van der Waals surface area contributed by atoms with E-state index in [-0.39, 0.29) is 5.56 Å². The summed E-state index contributed by atoms with van der Waals surface area (Å²) in [5.41, 5.74) is 7.32. The molecular weight excluding hydrogens is 266 g/mol. The van der Waals surface area contributed by atoms with Crippen molar-refractivity contribution in [2.75, 3.05) is 6.54 Å². The highest BCUT2D eigenvalue weighted by molar-refractivity contribution is 5.77. The third-order valence-electron chi connectivity index (χ3n) is 3.34. The van der Waals surface area contributed by atoms with Crippen LogP contribution < -0.4 is 11.3 Å². The Labute approximate surface area is 121 Å². The molecule has 0 spiro atoms. The molecule has 0 saturated heterocycles. The third-order valence-corrected chi connectivity index (χ3v) is 3.34. The summed E-state index contributed by atoms with van der Waals surface area (Å²) in [7, 11) is 0. The lowest BCUT2D eigenvalue weighted by molar-refractivity contribution is 0.813. The second-order valence-electron chi connectivity index (χ2n) is 4.79. The zero-order valence-corrected chi connectivity index (χ0v) is 11.8. The van der Waals surface area contributed by atoms with Crippen LogP contribution in [0.15, 0.2) is 35.1 Å². The molecule has 0 aliphatic heterocycles. The number of H-pyrrole nitrogens is 1. The number of para-hydroxylation sites is 2. The smallest absolute Gasteiger partial charge is 0.253 e. The molecule has 1 aromatic carbocycles. The van der Waals surface area contributed by atoms with Crippen molar-refractivity contribution < 1.29 is 0 Å². The van der Waals surface area contributed by atoms with E-state index in [1.54, 1.807) is 0 Å². The summed E-state index contributed by atoms with van der Waals surface area (Å²) >= 11 is 0. The summed E-state index contributed by atoms with van der Waals surface area (Å²) in [6, 6.07) is 9.29. The predicted octanol–water partition coefficient (Wildman–Crippen LogP) is 1.17. The lowest BCUT2D eigenvalue weighted by Crippen LogP contribution is -2.16. The molecule has 0 saturated carbocycles. The highest BCUT2D eigenvalue weighted by Crippen LogP contribution is 2.20. The molecule has 6 heteroatoms. The van der Waals surface area contributed by atoms with Gasteiger partial charge in [-0.05, 0) is 18.7 Å². The predicted molar refractivity (Wildman–Crippen MR) is 81.6 cm³/mol. The number of fused-ring (bicyclic) bond motifs is 1. The molecule has 6 nitrogen and oxygen atoms in total. The van der Waals surface area contributed by atoms with E-state index >= 15 is 0 Å². The van der Waals surface area contributed by atoms with Gasteiger partial charge in [-0.1, -0.05) is 19.1 Å². The van der Waals surface area contributed by atoms with Gasteiger partial charge in [-0.15, -0.1) is 0 Å². The summed E-state index contributed by atoms with van der Waals surface area (Å²) in [6.45, 7) is 2.45. The van der Waals surface area contributed by atoms with Crippen LogP contribution in [0.3, 0.4) is 0 Å². The van der Waals surface area contributed by atoms with E-state index in [4.69, 9.17) is 5.73 Å². The Hall–Kier alpha value is -2.47. The lowest BCUT2D eigenvalue weighted by atomic mass is 10.3. The largest absolute Gasteiger partial charge is 0.330 e.